The highest BCUT2D eigenvalue weighted by molar-refractivity contribution is 7.84. The molecule has 2 nitrogen and oxygen atoms in total. The van der Waals surface area contributed by atoms with Gasteiger partial charge in [0.1, 0.15) is 0 Å². The number of nitrogens with one attached hydrogen (secondary N) is 1. The van der Waals surface area contributed by atoms with E-state index in [1.54, 1.807) is 36.6 Å². The molecule has 1 N–H and O–H groups in total. The van der Waals surface area contributed by atoms with E-state index in [9.17, 15) is 17.4 Å². The van der Waals surface area contributed by atoms with Gasteiger partial charge in [-0.1, -0.05) is 30.3 Å². The molecule has 0 spiro atoms. The Morgan fingerprint density at radius 3 is 2.35 bits per heavy atom. The summed E-state index contributed by atoms with van der Waals surface area (Å²) < 4.78 is 49.0. The van der Waals surface area contributed by atoms with Crippen molar-refractivity contribution in [3.8, 4) is 0 Å². The molecule has 0 amide bonds. The van der Waals surface area contributed by atoms with Gasteiger partial charge in [-0.2, -0.15) is 13.2 Å². The molecule has 0 saturated heterocycles. The Morgan fingerprint density at radius 2 is 1.85 bits per heavy atom. The number of rotatable bonds is 7. The minimum Gasteiger partial charge on any atom is -0.307 e. The van der Waals surface area contributed by atoms with Crippen LogP contribution in [0.3, 0.4) is 0 Å². The van der Waals surface area contributed by atoms with Gasteiger partial charge in [0, 0.05) is 34.9 Å². The van der Waals surface area contributed by atoms with Crippen molar-refractivity contribution in [2.24, 2.45) is 0 Å². The number of alkyl halides is 3. The van der Waals surface area contributed by atoms with E-state index < -0.39 is 29.4 Å². The summed E-state index contributed by atoms with van der Waals surface area (Å²) in [5.41, 5.74) is 0.620. The highest BCUT2D eigenvalue weighted by Gasteiger charge is 2.33. The molecule has 3 atom stereocenters. The van der Waals surface area contributed by atoms with Crippen molar-refractivity contribution in [3.05, 3.63) is 35.9 Å². The van der Waals surface area contributed by atoms with Crippen LogP contribution in [-0.4, -0.2) is 28.4 Å². The van der Waals surface area contributed by atoms with Gasteiger partial charge in [-0.3, -0.25) is 4.21 Å². The molecule has 0 heterocycles. The van der Waals surface area contributed by atoms with E-state index in [2.05, 4.69) is 5.32 Å². The van der Waals surface area contributed by atoms with Crippen LogP contribution >= 0.6 is 0 Å². The van der Waals surface area contributed by atoms with Gasteiger partial charge in [0.15, 0.2) is 0 Å². The van der Waals surface area contributed by atoms with Crippen molar-refractivity contribution >= 4 is 10.8 Å². The fraction of sp³-hybridized carbons (Fsp3) is 0.571. The van der Waals surface area contributed by atoms with E-state index in [4.69, 9.17) is 0 Å². The average Bonchev–Trinajstić information content (AvgIpc) is 2.35. The number of benzene rings is 1. The van der Waals surface area contributed by atoms with Gasteiger partial charge in [0.05, 0.1) is 6.42 Å². The number of halogens is 3. The zero-order valence-corrected chi connectivity index (χ0v) is 12.4. The Bertz CT molecular complexity index is 422. The molecule has 0 fully saturated rings. The van der Waals surface area contributed by atoms with Crippen LogP contribution in [0.2, 0.25) is 0 Å². The molecule has 0 saturated carbocycles. The first-order valence-electron chi connectivity index (χ1n) is 6.45. The van der Waals surface area contributed by atoms with Crippen molar-refractivity contribution in [2.75, 3.05) is 12.0 Å². The van der Waals surface area contributed by atoms with Gasteiger partial charge in [-0.05, 0) is 18.9 Å². The lowest BCUT2D eigenvalue weighted by Gasteiger charge is -2.24. The van der Waals surface area contributed by atoms with E-state index in [1.165, 1.54) is 0 Å². The summed E-state index contributed by atoms with van der Waals surface area (Å²) in [7, 11) is -0.927. The van der Waals surface area contributed by atoms with E-state index in [1.807, 2.05) is 6.92 Å². The molecule has 3 unspecified atom stereocenters. The van der Waals surface area contributed by atoms with Gasteiger partial charge < -0.3 is 5.32 Å². The van der Waals surface area contributed by atoms with Gasteiger partial charge in [0.2, 0.25) is 0 Å². The Labute approximate surface area is 120 Å². The van der Waals surface area contributed by atoms with Crippen molar-refractivity contribution in [2.45, 2.75) is 38.0 Å². The summed E-state index contributed by atoms with van der Waals surface area (Å²) in [5.74, 6) is 0.488. The predicted molar refractivity (Wildman–Crippen MR) is 76.0 cm³/mol. The smallest absolute Gasteiger partial charge is 0.307 e. The third-order valence-electron chi connectivity index (χ3n) is 2.96. The Balaban J connectivity index is 2.71. The molecule has 114 valence electrons. The first-order chi connectivity index (χ1) is 9.28. The minimum atomic E-state index is -4.22. The molecule has 0 aromatic heterocycles. The highest BCUT2D eigenvalue weighted by atomic mass is 32.2. The molecule has 1 aromatic carbocycles. The maximum Gasteiger partial charge on any atom is 0.390 e. The zero-order valence-electron chi connectivity index (χ0n) is 11.6. The van der Waals surface area contributed by atoms with Crippen LogP contribution in [-0.2, 0) is 10.8 Å². The summed E-state index contributed by atoms with van der Waals surface area (Å²) in [6.45, 7) is 1.82. The molecule has 0 aliphatic carbocycles. The van der Waals surface area contributed by atoms with E-state index >= 15 is 0 Å². The topological polar surface area (TPSA) is 29.1 Å². The third-order valence-corrected chi connectivity index (χ3v) is 3.77. The van der Waals surface area contributed by atoms with Crippen LogP contribution < -0.4 is 5.32 Å². The first kappa shape index (κ1) is 17.2. The third kappa shape index (κ3) is 7.05. The quantitative estimate of drug-likeness (QED) is 0.836. The molecule has 0 radical (unpaired) electrons. The maximum atomic E-state index is 12.7. The standard InChI is InChI=1S/C14H20F3NOS/c1-11(8-9-20(2)19)18-13(10-14(15,16)17)12-6-4-3-5-7-12/h3-7,11,13,18H,8-10H2,1-2H3. The maximum absolute atomic E-state index is 12.7. The lowest BCUT2D eigenvalue weighted by atomic mass is 10.0. The Hall–Kier alpha value is -0.880. The van der Waals surface area contributed by atoms with E-state index in [0.29, 0.717) is 17.7 Å². The predicted octanol–water partition coefficient (Wildman–Crippen LogP) is 3.43. The number of hydrogen-bond acceptors (Lipinski definition) is 2. The van der Waals surface area contributed by atoms with Crippen LogP contribution in [0.15, 0.2) is 30.3 Å². The highest BCUT2D eigenvalue weighted by Crippen LogP contribution is 2.29. The molecule has 1 rings (SSSR count). The summed E-state index contributed by atoms with van der Waals surface area (Å²) >= 11 is 0. The van der Waals surface area contributed by atoms with E-state index in [-0.39, 0.29) is 6.04 Å². The van der Waals surface area contributed by atoms with Gasteiger partial charge in [-0.15, -0.1) is 0 Å². The van der Waals surface area contributed by atoms with Gasteiger partial charge in [0.25, 0.3) is 0 Å². The summed E-state index contributed by atoms with van der Waals surface area (Å²) in [6, 6.07) is 7.72. The SMILES string of the molecule is CC(CCS(C)=O)NC(CC(F)(F)F)c1ccccc1. The monoisotopic (exact) mass is 307 g/mol. The fourth-order valence-electron chi connectivity index (χ4n) is 1.96. The van der Waals surface area contributed by atoms with Crippen LogP contribution in [0.5, 0.6) is 0 Å². The van der Waals surface area contributed by atoms with Crippen molar-refractivity contribution in [1.29, 1.82) is 0 Å². The van der Waals surface area contributed by atoms with Crippen molar-refractivity contribution in [1.82, 2.24) is 5.32 Å². The summed E-state index contributed by atoms with van der Waals surface area (Å²) in [6.07, 6.45) is -2.95. The molecule has 20 heavy (non-hydrogen) atoms. The number of hydrogen-bond donors (Lipinski definition) is 1. The molecule has 0 aliphatic heterocycles. The minimum absolute atomic E-state index is 0.119. The largest absolute Gasteiger partial charge is 0.390 e. The molecule has 1 aromatic rings. The van der Waals surface area contributed by atoms with Crippen LogP contribution in [0.25, 0.3) is 0 Å². The zero-order chi connectivity index (χ0) is 15.2. The second kappa shape index (κ2) is 7.78. The Kier molecular flexibility index (Phi) is 6.68. The second-order valence-electron chi connectivity index (χ2n) is 4.92. The summed E-state index contributed by atoms with van der Waals surface area (Å²) in [4.78, 5) is 0. The molecular weight excluding hydrogens is 287 g/mol. The van der Waals surface area contributed by atoms with E-state index in [0.717, 1.165) is 0 Å². The van der Waals surface area contributed by atoms with Crippen molar-refractivity contribution in [3.63, 3.8) is 0 Å². The van der Waals surface area contributed by atoms with Crippen molar-refractivity contribution < 1.29 is 17.4 Å². The lowest BCUT2D eigenvalue weighted by Crippen LogP contribution is -2.34. The fourth-order valence-corrected chi connectivity index (χ4v) is 2.64. The normalized spacial score (nSPS) is 16.6. The summed E-state index contributed by atoms with van der Waals surface area (Å²) in [5, 5.41) is 2.99. The molecule has 6 heteroatoms. The molecular formula is C14H20F3NOS. The average molecular weight is 307 g/mol. The van der Waals surface area contributed by atoms with Gasteiger partial charge in [-0.25, -0.2) is 0 Å². The first-order valence-corrected chi connectivity index (χ1v) is 8.18. The Morgan fingerprint density at radius 1 is 1.25 bits per heavy atom. The molecule has 0 aliphatic rings. The second-order valence-corrected chi connectivity index (χ2v) is 6.47. The van der Waals surface area contributed by atoms with Crippen LogP contribution in [0.4, 0.5) is 13.2 Å². The van der Waals surface area contributed by atoms with Gasteiger partial charge >= 0.3 is 6.18 Å². The lowest BCUT2D eigenvalue weighted by molar-refractivity contribution is -0.140. The van der Waals surface area contributed by atoms with Crippen LogP contribution in [0, 0.1) is 0 Å². The molecule has 0 bridgehead atoms. The van der Waals surface area contributed by atoms with Crippen LogP contribution in [0.1, 0.15) is 31.4 Å².